The molecule has 0 aliphatic carbocycles. The van der Waals surface area contributed by atoms with Crippen LogP contribution in [-0.2, 0) is 11.2 Å². The largest absolute Gasteiger partial charge is 0.497 e. The van der Waals surface area contributed by atoms with E-state index in [1.165, 1.54) is 0 Å². The minimum Gasteiger partial charge on any atom is -0.497 e. The Morgan fingerprint density at radius 1 is 0.903 bits per heavy atom. The van der Waals surface area contributed by atoms with Crippen molar-refractivity contribution in [3.05, 3.63) is 71.9 Å². The van der Waals surface area contributed by atoms with E-state index in [1.807, 2.05) is 31.2 Å². The zero-order chi connectivity index (χ0) is 22.1. The third kappa shape index (κ3) is 6.37. The number of hydrogen-bond acceptors (Lipinski definition) is 6. The molecule has 7 heteroatoms. The lowest BCUT2D eigenvalue weighted by Crippen LogP contribution is -2.17. The Morgan fingerprint density at radius 2 is 1.74 bits per heavy atom. The molecule has 0 saturated heterocycles. The van der Waals surface area contributed by atoms with Crippen LogP contribution in [0.1, 0.15) is 11.1 Å². The molecule has 2 aromatic carbocycles. The van der Waals surface area contributed by atoms with E-state index in [-0.39, 0.29) is 12.3 Å². The number of aromatic nitrogens is 1. The second kappa shape index (κ2) is 10.9. The molecule has 0 radical (unpaired) electrons. The van der Waals surface area contributed by atoms with E-state index in [4.69, 9.17) is 18.9 Å². The highest BCUT2D eigenvalue weighted by Crippen LogP contribution is 2.26. The molecule has 0 unspecified atom stereocenters. The maximum atomic E-state index is 12.6. The monoisotopic (exact) mass is 422 g/mol. The van der Waals surface area contributed by atoms with Crippen molar-refractivity contribution in [2.75, 3.05) is 32.8 Å². The molecule has 0 aliphatic rings. The van der Waals surface area contributed by atoms with E-state index in [2.05, 4.69) is 10.3 Å². The number of carbonyl (C=O) groups is 1. The van der Waals surface area contributed by atoms with E-state index in [1.54, 1.807) is 50.7 Å². The van der Waals surface area contributed by atoms with E-state index in [0.29, 0.717) is 36.3 Å². The van der Waals surface area contributed by atoms with Crippen molar-refractivity contribution in [2.24, 2.45) is 0 Å². The Morgan fingerprint density at radius 3 is 2.52 bits per heavy atom. The molecule has 3 rings (SSSR count). The van der Waals surface area contributed by atoms with Crippen LogP contribution in [0, 0.1) is 6.92 Å². The highest BCUT2D eigenvalue weighted by Gasteiger charge is 2.13. The van der Waals surface area contributed by atoms with Crippen molar-refractivity contribution in [1.29, 1.82) is 0 Å². The number of rotatable bonds is 10. The lowest BCUT2D eigenvalue weighted by Gasteiger charge is -2.13. The van der Waals surface area contributed by atoms with Crippen molar-refractivity contribution >= 4 is 11.7 Å². The molecule has 1 amide bonds. The maximum Gasteiger partial charge on any atom is 0.230 e. The Bertz CT molecular complexity index is 1020. The first-order valence-corrected chi connectivity index (χ1v) is 9.87. The average molecular weight is 422 g/mol. The number of hydrogen-bond donors (Lipinski definition) is 1. The van der Waals surface area contributed by atoms with E-state index in [9.17, 15) is 4.79 Å². The van der Waals surface area contributed by atoms with Crippen molar-refractivity contribution in [3.8, 4) is 23.0 Å². The summed E-state index contributed by atoms with van der Waals surface area (Å²) in [4.78, 5) is 16.8. The first kappa shape index (κ1) is 22.0. The Balaban J connectivity index is 1.56. The van der Waals surface area contributed by atoms with Crippen LogP contribution in [0.25, 0.3) is 0 Å². The normalized spacial score (nSPS) is 10.3. The minimum atomic E-state index is -0.233. The molecule has 0 saturated carbocycles. The summed E-state index contributed by atoms with van der Waals surface area (Å²) in [7, 11) is 3.13. The van der Waals surface area contributed by atoms with Gasteiger partial charge in [-0.05, 0) is 42.8 Å². The molecular weight excluding hydrogens is 396 g/mol. The summed E-state index contributed by atoms with van der Waals surface area (Å²) in [5, 5.41) is 2.80. The van der Waals surface area contributed by atoms with Gasteiger partial charge in [-0.2, -0.15) is 0 Å². The number of amides is 1. The second-order valence-electron chi connectivity index (χ2n) is 6.77. The topological polar surface area (TPSA) is 78.9 Å². The van der Waals surface area contributed by atoms with Crippen LogP contribution in [0.15, 0.2) is 60.8 Å². The summed E-state index contributed by atoms with van der Waals surface area (Å²) in [6, 6.07) is 16.6. The number of nitrogens with one attached hydrogen (secondary N) is 1. The van der Waals surface area contributed by atoms with Gasteiger partial charge in [0.25, 0.3) is 0 Å². The Hall–Kier alpha value is -3.74. The van der Waals surface area contributed by atoms with Crippen molar-refractivity contribution in [1.82, 2.24) is 4.98 Å². The van der Waals surface area contributed by atoms with Crippen LogP contribution in [0.5, 0.6) is 23.0 Å². The molecule has 1 aromatic heterocycles. The predicted molar refractivity (Wildman–Crippen MR) is 118 cm³/mol. The summed E-state index contributed by atoms with van der Waals surface area (Å²) in [6.07, 6.45) is 1.72. The molecule has 1 heterocycles. The number of anilines is 1. The third-order valence-corrected chi connectivity index (χ3v) is 4.47. The molecule has 31 heavy (non-hydrogen) atoms. The van der Waals surface area contributed by atoms with Gasteiger partial charge in [0, 0.05) is 17.8 Å². The lowest BCUT2D eigenvalue weighted by molar-refractivity contribution is -0.115. The van der Waals surface area contributed by atoms with Gasteiger partial charge in [-0.1, -0.05) is 18.2 Å². The van der Waals surface area contributed by atoms with Crippen LogP contribution in [0.2, 0.25) is 0 Å². The molecule has 0 aliphatic heterocycles. The average Bonchev–Trinajstić information content (AvgIpc) is 2.78. The fourth-order valence-corrected chi connectivity index (χ4v) is 2.96. The van der Waals surface area contributed by atoms with Crippen LogP contribution < -0.4 is 24.3 Å². The van der Waals surface area contributed by atoms with E-state index < -0.39 is 0 Å². The molecular formula is C24H26N2O5. The quantitative estimate of drug-likeness (QED) is 0.497. The summed E-state index contributed by atoms with van der Waals surface area (Å²) < 4.78 is 22.0. The van der Waals surface area contributed by atoms with Crippen molar-refractivity contribution in [2.45, 2.75) is 13.3 Å². The first-order valence-electron chi connectivity index (χ1n) is 9.87. The number of aryl methyl sites for hydroxylation is 1. The molecule has 0 spiro atoms. The molecule has 7 nitrogen and oxygen atoms in total. The van der Waals surface area contributed by atoms with Gasteiger partial charge in [0.2, 0.25) is 5.91 Å². The number of carbonyl (C=O) groups excluding carboxylic acids is 1. The van der Waals surface area contributed by atoms with Gasteiger partial charge < -0.3 is 24.3 Å². The van der Waals surface area contributed by atoms with E-state index in [0.717, 1.165) is 16.9 Å². The Labute approximate surface area is 181 Å². The van der Waals surface area contributed by atoms with Gasteiger partial charge in [0.15, 0.2) is 11.6 Å². The van der Waals surface area contributed by atoms with Crippen LogP contribution in [0.3, 0.4) is 0 Å². The zero-order valence-corrected chi connectivity index (χ0v) is 17.9. The van der Waals surface area contributed by atoms with Gasteiger partial charge in [0.1, 0.15) is 30.5 Å². The summed E-state index contributed by atoms with van der Waals surface area (Å²) in [5.74, 6) is 2.63. The van der Waals surface area contributed by atoms with Gasteiger partial charge in [-0.3, -0.25) is 4.79 Å². The van der Waals surface area contributed by atoms with Gasteiger partial charge in [-0.15, -0.1) is 0 Å². The molecule has 0 bridgehead atoms. The summed E-state index contributed by atoms with van der Waals surface area (Å²) in [5.41, 5.74) is 1.87. The number of ether oxygens (including phenoxy) is 4. The van der Waals surface area contributed by atoms with Crippen LogP contribution >= 0.6 is 0 Å². The predicted octanol–water partition coefficient (Wildman–Crippen LogP) is 4.05. The molecule has 162 valence electrons. The maximum absolute atomic E-state index is 12.6. The SMILES string of the molecule is COc1ccc(CC(=O)Nc2ncccc2OCCOc2cccc(C)c2)c(OC)c1. The first-order chi connectivity index (χ1) is 15.1. The smallest absolute Gasteiger partial charge is 0.230 e. The summed E-state index contributed by atoms with van der Waals surface area (Å²) in [6.45, 7) is 2.69. The van der Waals surface area contributed by atoms with Gasteiger partial charge in [-0.25, -0.2) is 4.98 Å². The lowest BCUT2D eigenvalue weighted by atomic mass is 10.1. The molecule has 0 fully saturated rings. The highest BCUT2D eigenvalue weighted by atomic mass is 16.5. The molecule has 1 N–H and O–H groups in total. The fraction of sp³-hybridized carbons (Fsp3) is 0.250. The highest BCUT2D eigenvalue weighted by molar-refractivity contribution is 5.93. The number of nitrogens with zero attached hydrogens (tertiary/aromatic N) is 1. The third-order valence-electron chi connectivity index (χ3n) is 4.47. The zero-order valence-electron chi connectivity index (χ0n) is 17.9. The van der Waals surface area contributed by atoms with Crippen LogP contribution in [-0.4, -0.2) is 38.3 Å². The molecule has 0 atom stereocenters. The van der Waals surface area contributed by atoms with Crippen molar-refractivity contribution in [3.63, 3.8) is 0 Å². The number of pyridine rings is 1. The van der Waals surface area contributed by atoms with Crippen LogP contribution in [0.4, 0.5) is 5.82 Å². The standard InChI is InChI=1S/C24H26N2O5/c1-17-6-4-7-20(14-17)30-12-13-31-21-8-5-11-25-24(21)26-23(27)15-18-9-10-19(28-2)16-22(18)29-3/h4-11,14,16H,12-13,15H2,1-3H3,(H,25,26,27). The number of methoxy groups -OCH3 is 2. The molecule has 3 aromatic rings. The van der Waals surface area contributed by atoms with Crippen molar-refractivity contribution < 1.29 is 23.7 Å². The summed E-state index contributed by atoms with van der Waals surface area (Å²) >= 11 is 0. The minimum absolute atomic E-state index is 0.125. The number of benzene rings is 2. The van der Waals surface area contributed by atoms with Gasteiger partial charge in [0.05, 0.1) is 20.6 Å². The van der Waals surface area contributed by atoms with E-state index >= 15 is 0 Å². The Kier molecular flexibility index (Phi) is 7.70. The van der Waals surface area contributed by atoms with Gasteiger partial charge >= 0.3 is 0 Å². The second-order valence-corrected chi connectivity index (χ2v) is 6.77. The fourth-order valence-electron chi connectivity index (χ4n) is 2.96.